The molecule has 0 radical (unpaired) electrons. The monoisotopic (exact) mass is 365 g/mol. The van der Waals surface area contributed by atoms with E-state index in [1.807, 2.05) is 19.1 Å². The van der Waals surface area contributed by atoms with E-state index in [0.29, 0.717) is 0 Å². The Morgan fingerprint density at radius 3 is 2.35 bits per heavy atom. The maximum Gasteiger partial charge on any atom is 0.147 e. The molecule has 0 saturated carbocycles. The zero-order chi connectivity index (χ0) is 12.8. The number of hydrogen-bond acceptors (Lipinski definition) is 3. The maximum atomic E-state index is 9.09. The van der Waals surface area contributed by atoms with E-state index in [1.165, 1.54) is 0 Å². The fourth-order valence-corrected chi connectivity index (χ4v) is 3.11. The van der Waals surface area contributed by atoms with E-state index in [9.17, 15) is 0 Å². The minimum Gasteiger partial charge on any atom is -0.494 e. The lowest BCUT2D eigenvalue weighted by Crippen LogP contribution is -2.31. The molecule has 0 aliphatic carbocycles. The van der Waals surface area contributed by atoms with Gasteiger partial charge >= 0.3 is 0 Å². The summed E-state index contributed by atoms with van der Waals surface area (Å²) in [6.45, 7) is 2.93. The molecular formula is C12H17Br2NO2. The van der Waals surface area contributed by atoms with Gasteiger partial charge in [-0.15, -0.1) is 0 Å². The molecule has 0 aromatic heterocycles. The number of nitrogens with one attached hydrogen (secondary N) is 1. The molecule has 96 valence electrons. The van der Waals surface area contributed by atoms with Crippen molar-refractivity contribution in [2.45, 2.75) is 25.9 Å². The number of methoxy groups -OCH3 is 1. The summed E-state index contributed by atoms with van der Waals surface area (Å²) in [6.07, 6.45) is 0.912. The van der Waals surface area contributed by atoms with Gasteiger partial charge in [0, 0.05) is 12.6 Å². The van der Waals surface area contributed by atoms with Crippen LogP contribution in [0.4, 0.5) is 0 Å². The molecule has 0 bridgehead atoms. The van der Waals surface area contributed by atoms with Crippen molar-refractivity contribution in [3.63, 3.8) is 0 Å². The van der Waals surface area contributed by atoms with E-state index in [2.05, 4.69) is 37.2 Å². The molecule has 0 saturated heterocycles. The highest BCUT2D eigenvalue weighted by atomic mass is 79.9. The Labute approximate surface area is 119 Å². The number of hydrogen-bond donors (Lipinski definition) is 2. The van der Waals surface area contributed by atoms with Crippen LogP contribution in [-0.2, 0) is 6.54 Å². The second-order valence-electron chi connectivity index (χ2n) is 3.76. The van der Waals surface area contributed by atoms with Crippen molar-refractivity contribution in [3.8, 4) is 5.75 Å². The predicted molar refractivity (Wildman–Crippen MR) is 76.4 cm³/mol. The SMILES string of the molecule is CCC(CO)NCc1cc(Br)c(OC)c(Br)c1. The van der Waals surface area contributed by atoms with Gasteiger partial charge in [0.1, 0.15) is 5.75 Å². The van der Waals surface area contributed by atoms with Gasteiger partial charge in [-0.25, -0.2) is 0 Å². The lowest BCUT2D eigenvalue weighted by molar-refractivity contribution is 0.238. The summed E-state index contributed by atoms with van der Waals surface area (Å²) in [7, 11) is 1.64. The van der Waals surface area contributed by atoms with Gasteiger partial charge in [-0.05, 0) is 56.0 Å². The first-order valence-electron chi connectivity index (χ1n) is 5.48. The van der Waals surface area contributed by atoms with Crippen LogP contribution in [0, 0.1) is 0 Å². The number of rotatable bonds is 6. The average Bonchev–Trinajstić information content (AvgIpc) is 2.30. The van der Waals surface area contributed by atoms with Gasteiger partial charge in [0.25, 0.3) is 0 Å². The van der Waals surface area contributed by atoms with Crippen LogP contribution in [0.25, 0.3) is 0 Å². The largest absolute Gasteiger partial charge is 0.494 e. The smallest absolute Gasteiger partial charge is 0.147 e. The molecule has 5 heteroatoms. The van der Waals surface area contributed by atoms with E-state index in [4.69, 9.17) is 9.84 Å². The zero-order valence-corrected chi connectivity index (χ0v) is 13.1. The highest BCUT2D eigenvalue weighted by Crippen LogP contribution is 2.34. The fraction of sp³-hybridized carbons (Fsp3) is 0.500. The molecule has 1 atom stereocenters. The van der Waals surface area contributed by atoms with Crippen molar-refractivity contribution in [1.29, 1.82) is 0 Å². The van der Waals surface area contributed by atoms with Gasteiger partial charge in [0.05, 0.1) is 22.7 Å². The zero-order valence-electron chi connectivity index (χ0n) is 9.96. The Hall–Kier alpha value is -0.100. The Balaban J connectivity index is 2.73. The third-order valence-electron chi connectivity index (χ3n) is 2.57. The summed E-state index contributed by atoms with van der Waals surface area (Å²) >= 11 is 6.93. The van der Waals surface area contributed by atoms with Gasteiger partial charge in [-0.2, -0.15) is 0 Å². The Bertz CT molecular complexity index is 345. The van der Waals surface area contributed by atoms with E-state index in [1.54, 1.807) is 7.11 Å². The summed E-state index contributed by atoms with van der Waals surface area (Å²) in [5, 5.41) is 12.4. The van der Waals surface area contributed by atoms with E-state index < -0.39 is 0 Å². The van der Waals surface area contributed by atoms with Crippen LogP contribution < -0.4 is 10.1 Å². The number of aliphatic hydroxyl groups excluding tert-OH is 1. The van der Waals surface area contributed by atoms with Crippen LogP contribution in [0.5, 0.6) is 5.75 Å². The Morgan fingerprint density at radius 1 is 1.35 bits per heavy atom. The normalized spacial score (nSPS) is 12.5. The van der Waals surface area contributed by atoms with Gasteiger partial charge < -0.3 is 15.2 Å². The number of ether oxygens (including phenoxy) is 1. The predicted octanol–water partition coefficient (Wildman–Crippen LogP) is 3.08. The summed E-state index contributed by atoms with van der Waals surface area (Å²) in [5.74, 6) is 0.794. The minimum atomic E-state index is 0.148. The molecule has 0 fully saturated rings. The minimum absolute atomic E-state index is 0.148. The summed E-state index contributed by atoms with van der Waals surface area (Å²) in [6, 6.07) is 4.18. The topological polar surface area (TPSA) is 41.5 Å². The van der Waals surface area contributed by atoms with Crippen LogP contribution in [0.1, 0.15) is 18.9 Å². The summed E-state index contributed by atoms with van der Waals surface area (Å²) < 4.78 is 7.08. The lowest BCUT2D eigenvalue weighted by Gasteiger charge is -2.15. The van der Waals surface area contributed by atoms with Gasteiger partial charge in [-0.1, -0.05) is 6.92 Å². The van der Waals surface area contributed by atoms with Gasteiger partial charge in [0.15, 0.2) is 0 Å². The molecule has 0 amide bonds. The third-order valence-corrected chi connectivity index (χ3v) is 3.75. The fourth-order valence-electron chi connectivity index (χ4n) is 1.51. The van der Waals surface area contributed by atoms with Crippen LogP contribution in [0.2, 0.25) is 0 Å². The molecule has 1 unspecified atom stereocenters. The lowest BCUT2D eigenvalue weighted by atomic mass is 10.2. The molecule has 1 aromatic rings. The molecule has 0 spiro atoms. The van der Waals surface area contributed by atoms with Gasteiger partial charge in [0.2, 0.25) is 0 Å². The molecule has 3 nitrogen and oxygen atoms in total. The molecule has 17 heavy (non-hydrogen) atoms. The van der Waals surface area contributed by atoms with Crippen LogP contribution in [-0.4, -0.2) is 24.9 Å². The Morgan fingerprint density at radius 2 is 1.94 bits per heavy atom. The highest BCUT2D eigenvalue weighted by molar-refractivity contribution is 9.11. The second kappa shape index (κ2) is 7.36. The van der Waals surface area contributed by atoms with Crippen molar-refractivity contribution in [1.82, 2.24) is 5.32 Å². The van der Waals surface area contributed by atoms with Crippen LogP contribution in [0.15, 0.2) is 21.1 Å². The van der Waals surface area contributed by atoms with Crippen molar-refractivity contribution in [2.75, 3.05) is 13.7 Å². The van der Waals surface area contributed by atoms with E-state index in [0.717, 1.165) is 33.2 Å². The van der Waals surface area contributed by atoms with E-state index in [-0.39, 0.29) is 12.6 Å². The van der Waals surface area contributed by atoms with Crippen molar-refractivity contribution in [2.24, 2.45) is 0 Å². The van der Waals surface area contributed by atoms with E-state index >= 15 is 0 Å². The maximum absolute atomic E-state index is 9.09. The van der Waals surface area contributed by atoms with Crippen molar-refractivity contribution in [3.05, 3.63) is 26.6 Å². The first-order chi connectivity index (χ1) is 8.12. The first-order valence-corrected chi connectivity index (χ1v) is 7.07. The summed E-state index contributed by atoms with van der Waals surface area (Å²) in [4.78, 5) is 0. The summed E-state index contributed by atoms with van der Waals surface area (Å²) in [5.41, 5.74) is 1.14. The molecule has 1 aromatic carbocycles. The highest BCUT2D eigenvalue weighted by Gasteiger charge is 2.09. The number of aliphatic hydroxyl groups is 1. The quantitative estimate of drug-likeness (QED) is 0.812. The van der Waals surface area contributed by atoms with Crippen LogP contribution >= 0.6 is 31.9 Å². The molecule has 1 rings (SSSR count). The molecule has 2 N–H and O–H groups in total. The average molecular weight is 367 g/mol. The standard InChI is InChI=1S/C12H17Br2NO2/c1-3-9(7-16)15-6-8-4-10(13)12(17-2)11(14)5-8/h4-5,9,15-16H,3,6-7H2,1-2H3. The number of benzene rings is 1. The molecular weight excluding hydrogens is 350 g/mol. The van der Waals surface area contributed by atoms with Crippen molar-refractivity contribution >= 4 is 31.9 Å². The van der Waals surface area contributed by atoms with Crippen molar-refractivity contribution < 1.29 is 9.84 Å². The first kappa shape index (κ1) is 15.0. The molecule has 0 heterocycles. The molecule has 0 aliphatic rings. The van der Waals surface area contributed by atoms with Gasteiger partial charge in [-0.3, -0.25) is 0 Å². The molecule has 0 aliphatic heterocycles. The third kappa shape index (κ3) is 4.25. The number of halogens is 2. The second-order valence-corrected chi connectivity index (χ2v) is 5.47. The Kier molecular flexibility index (Phi) is 6.48. The van der Waals surface area contributed by atoms with Crippen LogP contribution in [0.3, 0.4) is 0 Å².